The van der Waals surface area contributed by atoms with Crippen molar-refractivity contribution in [3.8, 4) is 0 Å². The normalized spacial score (nSPS) is 39.3. The fourth-order valence-corrected chi connectivity index (χ4v) is 9.73. The number of ether oxygens (including phenoxy) is 3. The molecule has 3 fully saturated rings. The molecule has 3 heterocycles. The molecule has 2 bridgehead atoms. The van der Waals surface area contributed by atoms with Gasteiger partial charge in [0, 0.05) is 44.2 Å². The number of cyclic esters (lactones) is 1. The van der Waals surface area contributed by atoms with Crippen LogP contribution in [0.25, 0.3) is 0 Å². The van der Waals surface area contributed by atoms with Gasteiger partial charge >= 0.3 is 5.97 Å². The molecule has 61 heavy (non-hydrogen) atoms. The lowest BCUT2D eigenvalue weighted by Crippen LogP contribution is -2.60. The number of nitrogens with zero attached hydrogens (tertiary/aromatic N) is 1. The highest BCUT2D eigenvalue weighted by Crippen LogP contribution is 2.38. The van der Waals surface area contributed by atoms with Gasteiger partial charge in [-0.3, -0.25) is 19.2 Å². The average Bonchev–Trinajstić information content (AvgIpc) is 3.23. The third-order valence-electron chi connectivity index (χ3n) is 14.2. The van der Waals surface area contributed by atoms with Gasteiger partial charge in [-0.2, -0.15) is 0 Å². The van der Waals surface area contributed by atoms with Crippen LogP contribution in [0.2, 0.25) is 0 Å². The smallest absolute Gasteiger partial charge is 0.329 e. The highest BCUT2D eigenvalue weighted by Gasteiger charge is 2.52. The number of aliphatic hydroxyl groups excluding tert-OH is 1. The van der Waals surface area contributed by atoms with Crippen LogP contribution >= 0.6 is 0 Å². The van der Waals surface area contributed by atoms with Gasteiger partial charge in [0.15, 0.2) is 0 Å². The number of esters is 1. The molecule has 4 rings (SSSR count). The summed E-state index contributed by atoms with van der Waals surface area (Å²) in [4.78, 5) is 70.9. The van der Waals surface area contributed by atoms with E-state index in [9.17, 15) is 34.2 Å². The highest BCUT2D eigenvalue weighted by atomic mass is 16.6. The topological polar surface area (TPSA) is 157 Å². The Hall–Kier alpha value is -3.25. The van der Waals surface area contributed by atoms with E-state index in [0.29, 0.717) is 68.8 Å². The van der Waals surface area contributed by atoms with Crippen molar-refractivity contribution in [1.82, 2.24) is 4.90 Å². The van der Waals surface area contributed by atoms with Crippen molar-refractivity contribution < 1.29 is 48.4 Å². The van der Waals surface area contributed by atoms with E-state index in [4.69, 9.17) is 14.2 Å². The summed E-state index contributed by atoms with van der Waals surface area (Å²) in [5, 5.41) is 22.9. The first kappa shape index (κ1) is 50.4. The second-order valence-electron chi connectivity index (χ2n) is 19.4. The monoisotopic (exact) mass is 852 g/mol. The number of amides is 1. The van der Waals surface area contributed by atoms with E-state index in [-0.39, 0.29) is 61.2 Å². The fourth-order valence-electron chi connectivity index (χ4n) is 9.73. The lowest BCUT2D eigenvalue weighted by Gasteiger charge is -2.42. The SMILES string of the molecule is CO[C@@H]1C[C@H](C[C@@H](C)[C@@H]2CC(=O)[C@H](C)/C=C(\C)[C@@H](O)CC(=O)[C@H](C)C[C@H](C)C=C/C=C/C=C(\C)CC[C@@H]3CC[C@@H](C)[C@@](O)(O3)C(=O)C(=O)N3CCCCC3C(=O)O2)CC[C@H]1C. The molecule has 13 atom stereocenters. The Balaban J connectivity index is 1.64. The number of fused-ring (bicyclic) bond motifs is 3. The van der Waals surface area contributed by atoms with Gasteiger partial charge in [0.1, 0.15) is 23.7 Å². The molecule has 11 heteroatoms. The van der Waals surface area contributed by atoms with E-state index in [2.05, 4.69) is 19.9 Å². The second kappa shape index (κ2) is 23.4. The molecule has 1 aliphatic carbocycles. The summed E-state index contributed by atoms with van der Waals surface area (Å²) in [6, 6.07) is -1.06. The molecule has 3 aliphatic heterocycles. The van der Waals surface area contributed by atoms with Crippen molar-refractivity contribution in [2.45, 2.75) is 182 Å². The molecule has 0 spiro atoms. The minimum atomic E-state index is -2.33. The molecule has 1 amide bonds. The summed E-state index contributed by atoms with van der Waals surface area (Å²) in [6.07, 6.45) is 17.3. The summed E-state index contributed by atoms with van der Waals surface area (Å²) < 4.78 is 18.2. The van der Waals surface area contributed by atoms with Gasteiger partial charge in [0.2, 0.25) is 5.79 Å². The number of hydrogen-bond donors (Lipinski definition) is 2. The van der Waals surface area contributed by atoms with Crippen LogP contribution in [0.15, 0.2) is 47.6 Å². The highest BCUT2D eigenvalue weighted by molar-refractivity contribution is 6.39. The number of Topliss-reactive ketones (excluding diaryl/α,β-unsaturated/α-hetero) is 3. The third kappa shape index (κ3) is 14.1. The molecule has 0 aromatic heterocycles. The average molecular weight is 852 g/mol. The Morgan fingerprint density at radius 2 is 1.62 bits per heavy atom. The van der Waals surface area contributed by atoms with Gasteiger partial charge in [-0.1, -0.05) is 83.6 Å². The molecule has 1 saturated carbocycles. The molecule has 342 valence electrons. The van der Waals surface area contributed by atoms with Crippen LogP contribution in [0, 0.1) is 41.4 Å². The Morgan fingerprint density at radius 1 is 0.885 bits per heavy atom. The largest absolute Gasteiger partial charge is 0.460 e. The zero-order valence-electron chi connectivity index (χ0n) is 38.6. The number of hydrogen-bond acceptors (Lipinski definition) is 10. The minimum absolute atomic E-state index is 0.0436. The number of ketones is 3. The van der Waals surface area contributed by atoms with Gasteiger partial charge < -0.3 is 29.3 Å². The number of allylic oxidation sites excluding steroid dienone is 7. The van der Waals surface area contributed by atoms with Gasteiger partial charge in [0.05, 0.1) is 18.3 Å². The minimum Gasteiger partial charge on any atom is -0.460 e. The van der Waals surface area contributed by atoms with E-state index in [1.807, 2.05) is 45.1 Å². The molecular weight excluding hydrogens is 775 g/mol. The first-order valence-electron chi connectivity index (χ1n) is 23.3. The van der Waals surface area contributed by atoms with Gasteiger partial charge in [-0.15, -0.1) is 0 Å². The first-order valence-corrected chi connectivity index (χ1v) is 23.3. The summed E-state index contributed by atoms with van der Waals surface area (Å²) >= 11 is 0. The van der Waals surface area contributed by atoms with Crippen LogP contribution in [-0.2, 0) is 38.2 Å². The predicted molar refractivity (Wildman–Crippen MR) is 236 cm³/mol. The molecule has 2 saturated heterocycles. The van der Waals surface area contributed by atoms with E-state index >= 15 is 0 Å². The number of rotatable bonds is 4. The number of aliphatic hydroxyl groups is 2. The van der Waals surface area contributed by atoms with Crippen LogP contribution in [0.1, 0.15) is 145 Å². The number of carbonyl (C=O) groups excluding carboxylic acids is 5. The summed E-state index contributed by atoms with van der Waals surface area (Å²) in [6.45, 7) is 15.5. The standard InChI is InChI=1S/C50H77NO10/c1-31-15-11-10-12-16-32(2)25-34(4)42(52)29-43(53)35(5)26-36(6)44(54)30-46(37(7)27-39-21-19-33(3)45(28-39)59-9)60-49(57)41-17-13-14-24-51(41)48(56)47(55)50(58)38(8)20-23-40(61-50)22-18-31/h10-12,15-16,26,32-34,36-41,43,45-46,53,58H,13-14,17-25,27-30H2,1-9H3/b11-10+,16-12?,31-15+,35-26+/t32-,33-,34-,36-,37-,38-,39+,40-,41?,43+,45-,46+,50-/m1/s1. The van der Waals surface area contributed by atoms with Gasteiger partial charge in [0.25, 0.3) is 11.7 Å². The third-order valence-corrected chi connectivity index (χ3v) is 14.2. The van der Waals surface area contributed by atoms with Crippen LogP contribution in [0.3, 0.4) is 0 Å². The second-order valence-corrected chi connectivity index (χ2v) is 19.4. The zero-order chi connectivity index (χ0) is 45.0. The van der Waals surface area contributed by atoms with Crippen molar-refractivity contribution in [3.05, 3.63) is 47.6 Å². The molecular formula is C50H77NO10. The molecule has 4 aliphatic rings. The van der Waals surface area contributed by atoms with Crippen LogP contribution in [-0.4, -0.2) is 94.2 Å². The Bertz CT molecular complexity index is 1650. The van der Waals surface area contributed by atoms with Crippen molar-refractivity contribution in [2.24, 2.45) is 41.4 Å². The van der Waals surface area contributed by atoms with Gasteiger partial charge in [-0.05, 0) is 120 Å². The first-order chi connectivity index (χ1) is 28.8. The van der Waals surface area contributed by atoms with Crippen LogP contribution in [0.5, 0.6) is 0 Å². The molecule has 11 nitrogen and oxygen atoms in total. The van der Waals surface area contributed by atoms with Crippen molar-refractivity contribution in [1.29, 1.82) is 0 Å². The Kier molecular flexibility index (Phi) is 19.4. The van der Waals surface area contributed by atoms with Crippen LogP contribution < -0.4 is 0 Å². The number of piperidine rings is 1. The van der Waals surface area contributed by atoms with E-state index in [1.54, 1.807) is 34.0 Å². The Labute approximate surface area is 365 Å². The van der Waals surface area contributed by atoms with E-state index < -0.39 is 59.6 Å². The molecule has 1 unspecified atom stereocenters. The van der Waals surface area contributed by atoms with Crippen molar-refractivity contribution in [2.75, 3.05) is 13.7 Å². The lowest BCUT2D eigenvalue weighted by atomic mass is 9.76. The fraction of sp³-hybridized carbons (Fsp3) is 0.740. The Morgan fingerprint density at radius 3 is 2.34 bits per heavy atom. The quantitative estimate of drug-likeness (QED) is 0.161. The predicted octanol–water partition coefficient (Wildman–Crippen LogP) is 8.21. The van der Waals surface area contributed by atoms with E-state index in [1.165, 1.54) is 4.90 Å². The molecule has 0 aromatic rings. The zero-order valence-corrected chi connectivity index (χ0v) is 38.6. The maximum Gasteiger partial charge on any atom is 0.329 e. The summed E-state index contributed by atoms with van der Waals surface area (Å²) in [5.41, 5.74) is 1.61. The molecule has 0 aromatic carbocycles. The van der Waals surface area contributed by atoms with E-state index in [0.717, 1.165) is 24.8 Å². The molecule has 0 radical (unpaired) electrons. The number of carbonyl (C=O) groups is 5. The van der Waals surface area contributed by atoms with Crippen molar-refractivity contribution >= 4 is 29.2 Å². The summed E-state index contributed by atoms with van der Waals surface area (Å²) in [7, 11) is 1.73. The molecule has 2 N–H and O–H groups in total. The maximum atomic E-state index is 14.3. The van der Waals surface area contributed by atoms with Crippen molar-refractivity contribution in [3.63, 3.8) is 0 Å². The van der Waals surface area contributed by atoms with Crippen LogP contribution in [0.4, 0.5) is 0 Å². The lowest BCUT2D eigenvalue weighted by molar-refractivity contribution is -0.263. The summed E-state index contributed by atoms with van der Waals surface area (Å²) in [5.74, 6) is -6.15. The maximum absolute atomic E-state index is 14.3. The number of methoxy groups -OCH3 is 1. The van der Waals surface area contributed by atoms with Gasteiger partial charge in [-0.25, -0.2) is 4.79 Å².